The van der Waals surface area contributed by atoms with Gasteiger partial charge in [-0.3, -0.25) is 9.59 Å². The lowest BCUT2D eigenvalue weighted by atomic mass is 10.1. The maximum absolute atomic E-state index is 12.4. The molecule has 1 aromatic rings. The molecule has 0 bridgehead atoms. The summed E-state index contributed by atoms with van der Waals surface area (Å²) in [4.78, 5) is 28.6. The number of carboxylic acid groups (broad SMARTS) is 1. The molecule has 0 aromatic carbocycles. The third kappa shape index (κ3) is 4.24. The van der Waals surface area contributed by atoms with E-state index in [1.807, 2.05) is 13.8 Å². The summed E-state index contributed by atoms with van der Waals surface area (Å²) in [6.45, 7) is 3.95. The predicted octanol–water partition coefficient (Wildman–Crippen LogP) is 1.31. The average Bonchev–Trinajstić information content (AvgIpc) is 2.36. The van der Waals surface area contributed by atoms with Gasteiger partial charge in [-0.15, -0.1) is 0 Å². The largest absolute Gasteiger partial charge is 0.480 e. The van der Waals surface area contributed by atoms with Crippen LogP contribution in [0.1, 0.15) is 24.2 Å². The van der Waals surface area contributed by atoms with Crippen molar-refractivity contribution >= 4 is 17.7 Å². The topological polar surface area (TPSA) is 82.5 Å². The van der Waals surface area contributed by atoms with Crippen molar-refractivity contribution in [3.63, 3.8) is 0 Å². The Hall–Kier alpha value is -2.11. The van der Waals surface area contributed by atoms with Crippen molar-refractivity contribution in [2.45, 2.75) is 13.8 Å². The Bertz CT molecular complexity index is 460. The monoisotopic (exact) mass is 265 g/mol. The van der Waals surface area contributed by atoms with Crippen LogP contribution in [0, 0.1) is 5.92 Å². The molecule has 104 valence electrons. The molecular weight excluding hydrogens is 246 g/mol. The average molecular weight is 265 g/mol. The highest BCUT2D eigenvalue weighted by Gasteiger charge is 2.21. The quantitative estimate of drug-likeness (QED) is 0.810. The molecule has 0 fully saturated rings. The van der Waals surface area contributed by atoms with E-state index in [9.17, 15) is 9.59 Å². The number of hydrogen-bond acceptors (Lipinski definition) is 4. The summed E-state index contributed by atoms with van der Waals surface area (Å²) in [6.07, 6.45) is 1.58. The summed E-state index contributed by atoms with van der Waals surface area (Å²) in [5.41, 5.74) is 0.381. The minimum atomic E-state index is -1.02. The minimum Gasteiger partial charge on any atom is -0.480 e. The predicted molar refractivity (Wildman–Crippen MR) is 72.2 cm³/mol. The van der Waals surface area contributed by atoms with Crippen LogP contribution < -0.4 is 5.32 Å². The highest BCUT2D eigenvalue weighted by molar-refractivity contribution is 5.99. The molecule has 0 spiro atoms. The van der Waals surface area contributed by atoms with Gasteiger partial charge in [0.25, 0.3) is 5.91 Å². The van der Waals surface area contributed by atoms with Crippen LogP contribution in [0.3, 0.4) is 0 Å². The number of nitrogens with one attached hydrogen (secondary N) is 1. The van der Waals surface area contributed by atoms with E-state index in [0.29, 0.717) is 17.9 Å². The molecule has 1 heterocycles. The molecule has 0 atom stereocenters. The first-order valence-electron chi connectivity index (χ1n) is 6.09. The molecule has 1 amide bonds. The Morgan fingerprint density at radius 3 is 2.68 bits per heavy atom. The van der Waals surface area contributed by atoms with E-state index >= 15 is 0 Å². The van der Waals surface area contributed by atoms with Crippen molar-refractivity contribution in [3.8, 4) is 0 Å². The molecule has 0 saturated carbocycles. The Kier molecular flexibility index (Phi) is 5.29. The van der Waals surface area contributed by atoms with Crippen LogP contribution in [-0.2, 0) is 4.79 Å². The molecule has 0 aliphatic rings. The Morgan fingerprint density at radius 1 is 1.47 bits per heavy atom. The SMILES string of the molecule is CNc1ncccc1C(=O)N(CC(=O)O)CC(C)C. The second-order valence-corrected chi connectivity index (χ2v) is 4.62. The molecule has 1 rings (SSSR count). The van der Waals surface area contributed by atoms with E-state index in [1.54, 1.807) is 25.4 Å². The smallest absolute Gasteiger partial charge is 0.323 e. The molecule has 0 radical (unpaired) electrons. The van der Waals surface area contributed by atoms with E-state index in [2.05, 4.69) is 10.3 Å². The highest BCUT2D eigenvalue weighted by Crippen LogP contribution is 2.14. The van der Waals surface area contributed by atoms with Crippen molar-refractivity contribution in [2.75, 3.05) is 25.5 Å². The molecule has 6 heteroatoms. The minimum absolute atomic E-state index is 0.193. The number of pyridine rings is 1. The van der Waals surface area contributed by atoms with Gasteiger partial charge in [-0.05, 0) is 18.1 Å². The maximum Gasteiger partial charge on any atom is 0.323 e. The van der Waals surface area contributed by atoms with Crippen molar-refractivity contribution in [3.05, 3.63) is 23.9 Å². The van der Waals surface area contributed by atoms with E-state index in [-0.39, 0.29) is 18.4 Å². The van der Waals surface area contributed by atoms with Crippen LogP contribution in [0.4, 0.5) is 5.82 Å². The number of rotatable bonds is 6. The third-order valence-corrected chi connectivity index (χ3v) is 2.47. The zero-order valence-corrected chi connectivity index (χ0v) is 11.4. The van der Waals surface area contributed by atoms with Crippen LogP contribution in [-0.4, -0.2) is 47.0 Å². The van der Waals surface area contributed by atoms with Gasteiger partial charge >= 0.3 is 5.97 Å². The maximum atomic E-state index is 12.4. The molecule has 0 aliphatic carbocycles. The van der Waals surface area contributed by atoms with Crippen LogP contribution in [0.5, 0.6) is 0 Å². The fourth-order valence-corrected chi connectivity index (χ4v) is 1.77. The van der Waals surface area contributed by atoms with E-state index in [0.717, 1.165) is 0 Å². The molecule has 19 heavy (non-hydrogen) atoms. The van der Waals surface area contributed by atoms with E-state index in [1.165, 1.54) is 4.90 Å². The Morgan fingerprint density at radius 2 is 2.16 bits per heavy atom. The van der Waals surface area contributed by atoms with Crippen LogP contribution in [0.25, 0.3) is 0 Å². The fourth-order valence-electron chi connectivity index (χ4n) is 1.77. The van der Waals surface area contributed by atoms with Crippen molar-refractivity contribution in [1.29, 1.82) is 0 Å². The van der Waals surface area contributed by atoms with Crippen molar-refractivity contribution < 1.29 is 14.7 Å². The number of carboxylic acids is 1. The summed E-state index contributed by atoms with van der Waals surface area (Å²) >= 11 is 0. The molecular formula is C13H19N3O3. The number of carbonyl (C=O) groups excluding carboxylic acids is 1. The lowest BCUT2D eigenvalue weighted by molar-refractivity contribution is -0.137. The van der Waals surface area contributed by atoms with Gasteiger partial charge in [0.2, 0.25) is 0 Å². The normalized spacial score (nSPS) is 10.3. The van der Waals surface area contributed by atoms with Crippen LogP contribution in [0.15, 0.2) is 18.3 Å². The number of anilines is 1. The number of aliphatic carboxylic acids is 1. The first-order chi connectivity index (χ1) is 8.95. The van der Waals surface area contributed by atoms with Gasteiger partial charge in [0, 0.05) is 19.8 Å². The summed E-state index contributed by atoms with van der Waals surface area (Å²) < 4.78 is 0. The summed E-state index contributed by atoms with van der Waals surface area (Å²) in [5.74, 6) is -0.706. The lowest BCUT2D eigenvalue weighted by Gasteiger charge is -2.23. The number of carbonyl (C=O) groups is 2. The number of amides is 1. The molecule has 1 aromatic heterocycles. The molecule has 0 unspecified atom stereocenters. The Balaban J connectivity index is 3.00. The van der Waals surface area contributed by atoms with Gasteiger partial charge in [0.15, 0.2) is 0 Å². The van der Waals surface area contributed by atoms with Gasteiger partial charge < -0.3 is 15.3 Å². The molecule has 0 saturated heterocycles. The van der Waals surface area contributed by atoms with Gasteiger partial charge in [0.05, 0.1) is 5.56 Å². The molecule has 6 nitrogen and oxygen atoms in total. The van der Waals surface area contributed by atoms with E-state index < -0.39 is 5.97 Å². The van der Waals surface area contributed by atoms with Gasteiger partial charge in [-0.2, -0.15) is 0 Å². The zero-order valence-electron chi connectivity index (χ0n) is 11.4. The number of aromatic nitrogens is 1. The summed E-state index contributed by atoms with van der Waals surface area (Å²) in [7, 11) is 1.67. The second-order valence-electron chi connectivity index (χ2n) is 4.62. The van der Waals surface area contributed by atoms with E-state index in [4.69, 9.17) is 5.11 Å². The van der Waals surface area contributed by atoms with Crippen molar-refractivity contribution in [1.82, 2.24) is 9.88 Å². The number of hydrogen-bond donors (Lipinski definition) is 2. The Labute approximate surface area is 112 Å². The first-order valence-corrected chi connectivity index (χ1v) is 6.09. The fraction of sp³-hybridized carbons (Fsp3) is 0.462. The van der Waals surface area contributed by atoms with Gasteiger partial charge in [-0.25, -0.2) is 4.98 Å². The second kappa shape index (κ2) is 6.72. The highest BCUT2D eigenvalue weighted by atomic mass is 16.4. The molecule has 2 N–H and O–H groups in total. The first kappa shape index (κ1) is 14.9. The summed E-state index contributed by atoms with van der Waals surface area (Å²) in [6, 6.07) is 3.29. The van der Waals surface area contributed by atoms with Gasteiger partial charge in [0.1, 0.15) is 12.4 Å². The van der Waals surface area contributed by atoms with Crippen LogP contribution >= 0.6 is 0 Å². The van der Waals surface area contributed by atoms with Gasteiger partial charge in [-0.1, -0.05) is 13.8 Å². The van der Waals surface area contributed by atoms with Crippen LogP contribution in [0.2, 0.25) is 0 Å². The third-order valence-electron chi connectivity index (χ3n) is 2.47. The molecule has 0 aliphatic heterocycles. The van der Waals surface area contributed by atoms with Crippen molar-refractivity contribution in [2.24, 2.45) is 5.92 Å². The summed E-state index contributed by atoms with van der Waals surface area (Å²) in [5, 5.41) is 11.7. The number of nitrogens with zero attached hydrogens (tertiary/aromatic N) is 2. The standard InChI is InChI=1S/C13H19N3O3/c1-9(2)7-16(8-11(17)18)13(19)10-5-4-6-15-12(10)14-3/h4-6,9H,7-8H2,1-3H3,(H,14,15)(H,17,18). The zero-order chi connectivity index (χ0) is 14.4. The lowest BCUT2D eigenvalue weighted by Crippen LogP contribution is -2.38.